The maximum absolute atomic E-state index is 11.2. The highest BCUT2D eigenvalue weighted by atomic mass is 16.5. The number of amides is 1. The molecule has 0 bridgehead atoms. The van der Waals surface area contributed by atoms with Gasteiger partial charge in [-0.1, -0.05) is 18.2 Å². The number of carboxylic acid groups (broad SMARTS) is 1. The molecule has 96 valence electrons. The van der Waals surface area contributed by atoms with Crippen molar-refractivity contribution in [2.24, 2.45) is 0 Å². The van der Waals surface area contributed by atoms with E-state index >= 15 is 0 Å². The molecule has 0 heterocycles. The van der Waals surface area contributed by atoms with E-state index in [1.165, 1.54) is 18.1 Å². The van der Waals surface area contributed by atoms with Gasteiger partial charge in [0.2, 0.25) is 0 Å². The van der Waals surface area contributed by atoms with Gasteiger partial charge >= 0.3 is 12.1 Å². The van der Waals surface area contributed by atoms with Crippen molar-refractivity contribution in [1.29, 1.82) is 0 Å². The second-order valence-electron chi connectivity index (χ2n) is 3.74. The Morgan fingerprint density at radius 2 is 2.17 bits per heavy atom. The van der Waals surface area contributed by atoms with E-state index in [1.54, 1.807) is 13.1 Å². The molecule has 0 saturated carbocycles. The lowest BCUT2D eigenvalue weighted by Crippen LogP contribution is -2.25. The van der Waals surface area contributed by atoms with E-state index in [4.69, 9.17) is 5.11 Å². The monoisotopic (exact) mass is 249 g/mol. The summed E-state index contributed by atoms with van der Waals surface area (Å²) in [5.74, 6) is -0.993. The van der Waals surface area contributed by atoms with Crippen molar-refractivity contribution < 1.29 is 19.4 Å². The number of rotatable bonds is 4. The Balaban J connectivity index is 2.76. The van der Waals surface area contributed by atoms with E-state index < -0.39 is 12.1 Å². The van der Waals surface area contributed by atoms with Crippen molar-refractivity contribution in [1.82, 2.24) is 4.90 Å². The van der Waals surface area contributed by atoms with E-state index in [1.807, 2.05) is 18.2 Å². The summed E-state index contributed by atoms with van der Waals surface area (Å²) in [6.45, 7) is 0.404. The predicted molar refractivity (Wildman–Crippen MR) is 67.0 cm³/mol. The number of methoxy groups -OCH3 is 1. The first-order valence-corrected chi connectivity index (χ1v) is 5.32. The van der Waals surface area contributed by atoms with Gasteiger partial charge in [-0.25, -0.2) is 9.59 Å². The molecule has 0 unspecified atom stereocenters. The van der Waals surface area contributed by atoms with Gasteiger partial charge in [0.15, 0.2) is 0 Å². The van der Waals surface area contributed by atoms with Crippen molar-refractivity contribution in [2.45, 2.75) is 6.54 Å². The van der Waals surface area contributed by atoms with Gasteiger partial charge in [-0.2, -0.15) is 0 Å². The summed E-state index contributed by atoms with van der Waals surface area (Å²) in [7, 11) is 2.95. The Morgan fingerprint density at radius 1 is 1.44 bits per heavy atom. The molecule has 0 saturated heterocycles. The van der Waals surface area contributed by atoms with Gasteiger partial charge in [-0.05, 0) is 23.3 Å². The number of hydrogen-bond donors (Lipinski definition) is 1. The van der Waals surface area contributed by atoms with Crippen LogP contribution in [0.25, 0.3) is 6.08 Å². The Kier molecular flexibility index (Phi) is 4.92. The van der Waals surface area contributed by atoms with Crippen LogP contribution in [0.3, 0.4) is 0 Å². The van der Waals surface area contributed by atoms with Crippen LogP contribution in [0.5, 0.6) is 0 Å². The van der Waals surface area contributed by atoms with Crippen molar-refractivity contribution in [3.63, 3.8) is 0 Å². The fourth-order valence-electron chi connectivity index (χ4n) is 1.46. The molecule has 18 heavy (non-hydrogen) atoms. The molecule has 0 fully saturated rings. The highest BCUT2D eigenvalue weighted by Crippen LogP contribution is 2.09. The van der Waals surface area contributed by atoms with Crippen LogP contribution < -0.4 is 0 Å². The maximum Gasteiger partial charge on any atom is 0.409 e. The van der Waals surface area contributed by atoms with E-state index in [2.05, 4.69) is 4.74 Å². The third-order valence-electron chi connectivity index (χ3n) is 2.28. The van der Waals surface area contributed by atoms with Crippen molar-refractivity contribution >= 4 is 18.1 Å². The van der Waals surface area contributed by atoms with Crippen LogP contribution in [0, 0.1) is 0 Å². The molecule has 0 aliphatic heterocycles. The predicted octanol–water partition coefficient (Wildman–Crippen LogP) is 1.98. The minimum atomic E-state index is -0.993. The molecular weight excluding hydrogens is 234 g/mol. The molecule has 1 aromatic carbocycles. The minimum absolute atomic E-state index is 0.404. The largest absolute Gasteiger partial charge is 0.478 e. The molecule has 0 atom stereocenters. The van der Waals surface area contributed by atoms with Crippen molar-refractivity contribution in [3.05, 3.63) is 41.5 Å². The number of carbonyl (C=O) groups excluding carboxylic acids is 1. The fraction of sp³-hybridized carbons (Fsp3) is 0.231. The molecule has 0 aliphatic carbocycles. The summed E-state index contributed by atoms with van der Waals surface area (Å²) in [5, 5.41) is 8.54. The molecule has 1 N–H and O–H groups in total. The molecule has 1 amide bonds. The smallest absolute Gasteiger partial charge is 0.409 e. The number of carbonyl (C=O) groups is 2. The summed E-state index contributed by atoms with van der Waals surface area (Å²) in [4.78, 5) is 23.1. The number of ether oxygens (including phenoxy) is 1. The summed E-state index contributed by atoms with van der Waals surface area (Å²) in [6, 6.07) is 7.28. The number of aliphatic carboxylic acids is 1. The van der Waals surface area contributed by atoms with Crippen LogP contribution in [0.15, 0.2) is 30.3 Å². The van der Waals surface area contributed by atoms with Crippen molar-refractivity contribution in [3.8, 4) is 0 Å². The van der Waals surface area contributed by atoms with Gasteiger partial charge in [0.1, 0.15) is 0 Å². The Hall–Kier alpha value is -2.30. The molecular formula is C13H15NO4. The number of hydrogen-bond acceptors (Lipinski definition) is 3. The lowest BCUT2D eigenvalue weighted by atomic mass is 10.1. The third kappa shape index (κ3) is 4.29. The Bertz CT molecular complexity index is 468. The van der Waals surface area contributed by atoms with E-state index in [9.17, 15) is 9.59 Å². The van der Waals surface area contributed by atoms with E-state index in [0.29, 0.717) is 6.54 Å². The first-order chi connectivity index (χ1) is 8.52. The second kappa shape index (κ2) is 6.44. The Morgan fingerprint density at radius 3 is 2.78 bits per heavy atom. The summed E-state index contributed by atoms with van der Waals surface area (Å²) in [6.07, 6.45) is 2.16. The van der Waals surface area contributed by atoms with E-state index in [0.717, 1.165) is 17.2 Å². The van der Waals surface area contributed by atoms with Gasteiger partial charge in [0, 0.05) is 19.7 Å². The zero-order valence-electron chi connectivity index (χ0n) is 10.3. The molecule has 0 spiro atoms. The number of nitrogens with zero attached hydrogens (tertiary/aromatic N) is 1. The minimum Gasteiger partial charge on any atom is -0.478 e. The van der Waals surface area contributed by atoms with Gasteiger partial charge in [-0.3, -0.25) is 0 Å². The van der Waals surface area contributed by atoms with Crippen molar-refractivity contribution in [2.75, 3.05) is 14.2 Å². The second-order valence-corrected chi connectivity index (χ2v) is 3.74. The van der Waals surface area contributed by atoms with Crippen LogP contribution in [0.4, 0.5) is 4.79 Å². The molecule has 0 radical (unpaired) electrons. The van der Waals surface area contributed by atoms with Crippen LogP contribution in [-0.2, 0) is 16.1 Å². The highest BCUT2D eigenvalue weighted by molar-refractivity contribution is 5.85. The van der Waals surface area contributed by atoms with E-state index in [-0.39, 0.29) is 0 Å². The molecule has 5 heteroatoms. The van der Waals surface area contributed by atoms with Crippen LogP contribution in [-0.4, -0.2) is 36.2 Å². The van der Waals surface area contributed by atoms with Gasteiger partial charge < -0.3 is 14.7 Å². The zero-order chi connectivity index (χ0) is 13.5. The first-order valence-electron chi connectivity index (χ1n) is 5.32. The van der Waals surface area contributed by atoms with Gasteiger partial charge in [0.25, 0.3) is 0 Å². The van der Waals surface area contributed by atoms with Crippen LogP contribution >= 0.6 is 0 Å². The molecule has 1 rings (SSSR count). The quantitative estimate of drug-likeness (QED) is 0.828. The normalized spacial score (nSPS) is 10.3. The average molecular weight is 249 g/mol. The molecule has 5 nitrogen and oxygen atoms in total. The standard InChI is InChI=1S/C13H15NO4/c1-14(13(17)18-2)9-11-5-3-4-10(8-11)6-7-12(15)16/h3-8H,9H2,1-2H3,(H,15,16). The zero-order valence-corrected chi connectivity index (χ0v) is 10.3. The van der Waals surface area contributed by atoms with Gasteiger partial charge in [0.05, 0.1) is 7.11 Å². The molecule has 1 aromatic rings. The van der Waals surface area contributed by atoms with Gasteiger partial charge in [-0.15, -0.1) is 0 Å². The third-order valence-corrected chi connectivity index (χ3v) is 2.28. The lowest BCUT2D eigenvalue weighted by molar-refractivity contribution is -0.131. The fourth-order valence-corrected chi connectivity index (χ4v) is 1.46. The Labute approximate surface area is 105 Å². The van der Waals surface area contributed by atoms with Crippen LogP contribution in [0.2, 0.25) is 0 Å². The molecule has 0 aliphatic rings. The summed E-state index contributed by atoms with van der Waals surface area (Å²) in [5.41, 5.74) is 1.67. The summed E-state index contributed by atoms with van der Waals surface area (Å²) >= 11 is 0. The van der Waals surface area contributed by atoms with Crippen LogP contribution in [0.1, 0.15) is 11.1 Å². The SMILES string of the molecule is COC(=O)N(C)Cc1cccc(C=CC(=O)O)c1. The topological polar surface area (TPSA) is 66.8 Å². The lowest BCUT2D eigenvalue weighted by Gasteiger charge is -2.15. The average Bonchev–Trinajstić information content (AvgIpc) is 2.35. The highest BCUT2D eigenvalue weighted by Gasteiger charge is 2.08. The summed E-state index contributed by atoms with van der Waals surface area (Å²) < 4.78 is 4.59. The number of benzene rings is 1. The number of carboxylic acids is 1. The first kappa shape index (κ1) is 13.8. The molecule has 0 aromatic heterocycles. The maximum atomic E-state index is 11.2.